The molecular formula is C21H25NO4. The van der Waals surface area contributed by atoms with Gasteiger partial charge in [0.2, 0.25) is 5.75 Å². The Morgan fingerprint density at radius 2 is 1.73 bits per heavy atom. The van der Waals surface area contributed by atoms with Gasteiger partial charge in [0.25, 0.3) is 0 Å². The second-order valence-electron chi connectivity index (χ2n) is 7.27. The van der Waals surface area contributed by atoms with Crippen molar-refractivity contribution in [2.75, 3.05) is 27.8 Å². The lowest BCUT2D eigenvalue weighted by atomic mass is 9.84. The van der Waals surface area contributed by atoms with Gasteiger partial charge in [0.05, 0.1) is 14.2 Å². The van der Waals surface area contributed by atoms with Gasteiger partial charge in [-0.15, -0.1) is 0 Å². The van der Waals surface area contributed by atoms with E-state index in [9.17, 15) is 10.2 Å². The first-order valence-corrected chi connectivity index (χ1v) is 9.00. The number of hydrogen-bond donors (Lipinski definition) is 2. The van der Waals surface area contributed by atoms with Gasteiger partial charge in [-0.25, -0.2) is 0 Å². The van der Waals surface area contributed by atoms with Crippen LogP contribution < -0.4 is 9.47 Å². The lowest BCUT2D eigenvalue weighted by Crippen LogP contribution is -2.32. The van der Waals surface area contributed by atoms with Gasteiger partial charge in [0, 0.05) is 23.7 Å². The highest BCUT2D eigenvalue weighted by Gasteiger charge is 2.36. The van der Waals surface area contributed by atoms with E-state index in [0.717, 1.165) is 48.1 Å². The molecule has 0 aromatic heterocycles. The molecule has 2 aromatic carbocycles. The van der Waals surface area contributed by atoms with Gasteiger partial charge in [0.1, 0.15) is 5.75 Å². The molecule has 5 heteroatoms. The lowest BCUT2D eigenvalue weighted by Gasteiger charge is -2.36. The summed E-state index contributed by atoms with van der Waals surface area (Å²) in [5.41, 5.74) is 6.00. The summed E-state index contributed by atoms with van der Waals surface area (Å²) in [5.74, 6) is 1.15. The number of benzene rings is 2. The van der Waals surface area contributed by atoms with Crippen molar-refractivity contribution >= 4 is 0 Å². The first-order valence-electron chi connectivity index (χ1n) is 9.00. The predicted octanol–water partition coefficient (Wildman–Crippen LogP) is 3.57. The molecule has 138 valence electrons. The summed E-state index contributed by atoms with van der Waals surface area (Å²) < 4.78 is 11.1. The number of rotatable bonds is 2. The maximum absolute atomic E-state index is 11.0. The number of phenolic OH excluding ortho intramolecular Hbond substituents is 2. The quantitative estimate of drug-likeness (QED) is 0.862. The highest BCUT2D eigenvalue weighted by atomic mass is 16.5. The van der Waals surface area contributed by atoms with E-state index < -0.39 is 0 Å². The summed E-state index contributed by atoms with van der Waals surface area (Å²) in [6.07, 6.45) is 2.69. The van der Waals surface area contributed by atoms with E-state index in [4.69, 9.17) is 9.47 Å². The van der Waals surface area contributed by atoms with Crippen LogP contribution in [0.1, 0.15) is 34.7 Å². The molecule has 2 aromatic rings. The number of fused-ring (bicyclic) bond motifs is 2. The third-order valence-electron chi connectivity index (χ3n) is 5.86. The molecule has 0 saturated carbocycles. The highest BCUT2D eigenvalue weighted by molar-refractivity contribution is 5.87. The zero-order valence-corrected chi connectivity index (χ0v) is 15.7. The van der Waals surface area contributed by atoms with Gasteiger partial charge >= 0.3 is 0 Å². The Morgan fingerprint density at radius 3 is 2.42 bits per heavy atom. The van der Waals surface area contributed by atoms with E-state index in [1.165, 1.54) is 18.2 Å². The minimum Gasteiger partial charge on any atom is -0.507 e. The monoisotopic (exact) mass is 355 g/mol. The van der Waals surface area contributed by atoms with E-state index in [-0.39, 0.29) is 11.8 Å². The van der Waals surface area contributed by atoms with Gasteiger partial charge in [-0.2, -0.15) is 0 Å². The van der Waals surface area contributed by atoms with Crippen molar-refractivity contribution in [3.8, 4) is 34.1 Å². The van der Waals surface area contributed by atoms with Gasteiger partial charge < -0.3 is 19.7 Å². The molecule has 1 atom stereocenters. The van der Waals surface area contributed by atoms with Crippen molar-refractivity contribution in [3.63, 3.8) is 0 Å². The van der Waals surface area contributed by atoms with Crippen LogP contribution in [-0.4, -0.2) is 42.9 Å². The van der Waals surface area contributed by atoms with Gasteiger partial charge in [0.15, 0.2) is 11.5 Å². The molecule has 2 N–H and O–H groups in total. The van der Waals surface area contributed by atoms with Crippen molar-refractivity contribution in [3.05, 3.63) is 34.4 Å². The predicted molar refractivity (Wildman–Crippen MR) is 100 cm³/mol. The summed E-state index contributed by atoms with van der Waals surface area (Å²) in [6, 6.07) is 4.11. The average molecular weight is 355 g/mol. The van der Waals surface area contributed by atoms with Crippen LogP contribution in [0.5, 0.6) is 23.0 Å². The number of aryl methyl sites for hydroxylation is 2. The van der Waals surface area contributed by atoms with Crippen LogP contribution in [-0.2, 0) is 12.8 Å². The number of hydrogen-bond acceptors (Lipinski definition) is 5. The average Bonchev–Trinajstić information content (AvgIpc) is 2.79. The third kappa shape index (κ3) is 2.27. The van der Waals surface area contributed by atoms with E-state index in [1.54, 1.807) is 13.2 Å². The van der Waals surface area contributed by atoms with E-state index in [2.05, 4.69) is 18.0 Å². The Kier molecular flexibility index (Phi) is 3.99. The third-order valence-corrected chi connectivity index (χ3v) is 5.86. The molecule has 4 rings (SSSR count). The van der Waals surface area contributed by atoms with E-state index >= 15 is 0 Å². The molecule has 5 nitrogen and oxygen atoms in total. The first-order chi connectivity index (χ1) is 12.5. The number of ether oxygens (including phenoxy) is 2. The van der Waals surface area contributed by atoms with Crippen LogP contribution in [0.15, 0.2) is 12.1 Å². The lowest BCUT2D eigenvalue weighted by molar-refractivity contribution is 0.221. The van der Waals surface area contributed by atoms with Gasteiger partial charge in [-0.3, -0.25) is 4.90 Å². The summed E-state index contributed by atoms with van der Waals surface area (Å²) >= 11 is 0. The Bertz CT molecular complexity index is 891. The summed E-state index contributed by atoms with van der Waals surface area (Å²) in [6.45, 7) is 2.94. The molecule has 0 fully saturated rings. The fourth-order valence-corrected chi connectivity index (χ4v) is 4.60. The van der Waals surface area contributed by atoms with Crippen LogP contribution in [0.25, 0.3) is 11.1 Å². The summed E-state index contributed by atoms with van der Waals surface area (Å²) in [4.78, 5) is 2.36. The van der Waals surface area contributed by atoms with Crippen LogP contribution in [0.3, 0.4) is 0 Å². The Labute approximate surface area is 153 Å². The number of nitrogens with zero attached hydrogens (tertiary/aromatic N) is 1. The molecule has 1 unspecified atom stereocenters. The second kappa shape index (κ2) is 6.09. The highest BCUT2D eigenvalue weighted by Crippen LogP contribution is 2.55. The van der Waals surface area contributed by atoms with Crippen molar-refractivity contribution in [2.24, 2.45) is 0 Å². The molecule has 1 heterocycles. The fraction of sp³-hybridized carbons (Fsp3) is 0.429. The molecule has 26 heavy (non-hydrogen) atoms. The summed E-state index contributed by atoms with van der Waals surface area (Å²) in [5, 5.41) is 21.4. The van der Waals surface area contributed by atoms with Gasteiger partial charge in [-0.05, 0) is 61.6 Å². The zero-order valence-electron chi connectivity index (χ0n) is 15.7. The normalized spacial score (nSPS) is 18.7. The van der Waals surface area contributed by atoms with Crippen molar-refractivity contribution in [2.45, 2.75) is 32.2 Å². The molecule has 0 radical (unpaired) electrons. The van der Waals surface area contributed by atoms with E-state index in [0.29, 0.717) is 17.2 Å². The van der Waals surface area contributed by atoms with Crippen molar-refractivity contribution < 1.29 is 19.7 Å². The van der Waals surface area contributed by atoms with Crippen molar-refractivity contribution in [1.82, 2.24) is 4.90 Å². The molecule has 0 amide bonds. The SMILES string of the molecule is COc1c(O)cc2c(c1OC)-c1c(O)c(C)cc3c1C(CC2)N(C)CC3. The van der Waals surface area contributed by atoms with Crippen LogP contribution in [0.4, 0.5) is 0 Å². The molecule has 2 aliphatic rings. The number of aromatic hydroxyl groups is 2. The Hall–Kier alpha value is -2.40. The molecule has 1 aliphatic heterocycles. The Morgan fingerprint density at radius 1 is 1.00 bits per heavy atom. The molecule has 1 aliphatic carbocycles. The van der Waals surface area contributed by atoms with E-state index in [1.807, 2.05) is 6.92 Å². The van der Waals surface area contributed by atoms with Crippen LogP contribution in [0.2, 0.25) is 0 Å². The largest absolute Gasteiger partial charge is 0.507 e. The number of likely N-dealkylation sites (N-methyl/N-ethyl adjacent to an activating group) is 1. The minimum absolute atomic E-state index is 0.0682. The summed E-state index contributed by atoms with van der Waals surface area (Å²) in [7, 11) is 5.23. The second-order valence-corrected chi connectivity index (χ2v) is 7.27. The smallest absolute Gasteiger partial charge is 0.203 e. The molecule has 0 saturated heterocycles. The zero-order chi connectivity index (χ0) is 18.6. The fourth-order valence-electron chi connectivity index (χ4n) is 4.60. The maximum atomic E-state index is 11.0. The van der Waals surface area contributed by atoms with Crippen molar-refractivity contribution in [1.29, 1.82) is 0 Å². The first kappa shape index (κ1) is 17.0. The van der Waals surface area contributed by atoms with Crippen LogP contribution >= 0.6 is 0 Å². The minimum atomic E-state index is 0.0682. The topological polar surface area (TPSA) is 62.2 Å². The molecular weight excluding hydrogens is 330 g/mol. The molecule has 0 bridgehead atoms. The standard InChI is InChI=1S/C21H25NO4/c1-11-9-13-7-8-22(2)14-6-5-12-10-15(23)20(25-3)21(26-4)17(12)18(16(13)14)19(11)24/h9-10,14,23-24H,5-8H2,1-4H3. The Balaban J connectivity index is 2.14. The van der Waals surface area contributed by atoms with Gasteiger partial charge in [-0.1, -0.05) is 6.07 Å². The maximum Gasteiger partial charge on any atom is 0.203 e. The number of methoxy groups -OCH3 is 2. The van der Waals surface area contributed by atoms with Crippen LogP contribution in [0, 0.1) is 6.92 Å². The number of phenols is 2. The molecule has 0 spiro atoms.